The lowest BCUT2D eigenvalue weighted by atomic mass is 10.0. The van der Waals surface area contributed by atoms with E-state index in [1.807, 2.05) is 37.3 Å². The predicted molar refractivity (Wildman–Crippen MR) is 61.0 cm³/mol. The van der Waals surface area contributed by atoms with Gasteiger partial charge < -0.3 is 5.73 Å². The van der Waals surface area contributed by atoms with E-state index >= 15 is 0 Å². The van der Waals surface area contributed by atoms with Crippen LogP contribution in [0.4, 0.5) is 5.95 Å². The van der Waals surface area contributed by atoms with Gasteiger partial charge in [-0.1, -0.05) is 37.3 Å². The first-order valence-corrected chi connectivity index (χ1v) is 4.95. The SMILES string of the molecule is CC(c1ccccc1)c1nc(N)nc(=O)[nH]1. The first-order chi connectivity index (χ1) is 7.66. The zero-order valence-electron chi connectivity index (χ0n) is 8.84. The maximum atomic E-state index is 11.2. The Kier molecular flexibility index (Phi) is 2.68. The summed E-state index contributed by atoms with van der Waals surface area (Å²) in [6.07, 6.45) is 0. The molecular weight excluding hydrogens is 204 g/mol. The summed E-state index contributed by atoms with van der Waals surface area (Å²) in [6.45, 7) is 1.95. The number of rotatable bonds is 2. The van der Waals surface area contributed by atoms with E-state index in [1.165, 1.54) is 0 Å². The van der Waals surface area contributed by atoms with Crippen LogP contribution in [-0.2, 0) is 0 Å². The van der Waals surface area contributed by atoms with E-state index in [1.54, 1.807) is 0 Å². The maximum absolute atomic E-state index is 11.2. The molecule has 0 spiro atoms. The number of aromatic nitrogens is 3. The van der Waals surface area contributed by atoms with Crippen molar-refractivity contribution in [2.24, 2.45) is 0 Å². The number of aromatic amines is 1. The first kappa shape index (κ1) is 10.4. The average Bonchev–Trinajstić information content (AvgIpc) is 2.28. The van der Waals surface area contributed by atoms with E-state index in [9.17, 15) is 4.79 Å². The molecule has 1 aromatic heterocycles. The summed E-state index contributed by atoms with van der Waals surface area (Å²) in [5, 5.41) is 0. The van der Waals surface area contributed by atoms with Crippen LogP contribution in [0.15, 0.2) is 35.1 Å². The molecule has 0 aliphatic rings. The van der Waals surface area contributed by atoms with Crippen molar-refractivity contribution in [3.63, 3.8) is 0 Å². The molecule has 0 saturated heterocycles. The lowest BCUT2D eigenvalue weighted by Crippen LogP contribution is -2.19. The summed E-state index contributed by atoms with van der Waals surface area (Å²) in [4.78, 5) is 21.2. The van der Waals surface area contributed by atoms with Gasteiger partial charge in [-0.15, -0.1) is 0 Å². The Hall–Kier alpha value is -2.17. The van der Waals surface area contributed by atoms with Gasteiger partial charge in [-0.2, -0.15) is 9.97 Å². The molecule has 0 bridgehead atoms. The lowest BCUT2D eigenvalue weighted by Gasteiger charge is -2.10. The standard InChI is InChI=1S/C11H12N4O/c1-7(8-5-3-2-4-6-8)9-13-10(12)15-11(16)14-9/h2-7H,1H3,(H3,12,13,14,15,16). The molecule has 0 amide bonds. The molecule has 16 heavy (non-hydrogen) atoms. The molecular formula is C11H12N4O. The van der Waals surface area contributed by atoms with Gasteiger partial charge in [0.2, 0.25) is 5.95 Å². The minimum absolute atomic E-state index is 0.00142. The van der Waals surface area contributed by atoms with E-state index in [2.05, 4.69) is 15.0 Å². The van der Waals surface area contributed by atoms with Gasteiger partial charge in [0.15, 0.2) is 0 Å². The molecule has 82 valence electrons. The van der Waals surface area contributed by atoms with Gasteiger partial charge in [-0.05, 0) is 5.56 Å². The van der Waals surface area contributed by atoms with E-state index in [0.717, 1.165) is 5.56 Å². The van der Waals surface area contributed by atoms with Gasteiger partial charge in [0.25, 0.3) is 0 Å². The van der Waals surface area contributed by atoms with Gasteiger partial charge in [0.05, 0.1) is 0 Å². The quantitative estimate of drug-likeness (QED) is 0.781. The lowest BCUT2D eigenvalue weighted by molar-refractivity contribution is 0.786. The second-order valence-corrected chi connectivity index (χ2v) is 3.53. The zero-order valence-corrected chi connectivity index (χ0v) is 8.84. The van der Waals surface area contributed by atoms with E-state index < -0.39 is 5.69 Å². The molecule has 0 aliphatic carbocycles. The monoisotopic (exact) mass is 216 g/mol. The van der Waals surface area contributed by atoms with E-state index in [0.29, 0.717) is 5.82 Å². The first-order valence-electron chi connectivity index (χ1n) is 4.95. The Labute approximate surface area is 92.4 Å². The summed E-state index contributed by atoms with van der Waals surface area (Å²) in [6, 6.07) is 9.76. The van der Waals surface area contributed by atoms with Crippen LogP contribution < -0.4 is 11.4 Å². The molecule has 0 saturated carbocycles. The number of hydrogen-bond acceptors (Lipinski definition) is 4. The van der Waals surface area contributed by atoms with Crippen molar-refractivity contribution in [3.8, 4) is 0 Å². The van der Waals surface area contributed by atoms with Crippen molar-refractivity contribution in [1.29, 1.82) is 0 Å². The summed E-state index contributed by atoms with van der Waals surface area (Å²) < 4.78 is 0. The molecule has 5 heteroatoms. The molecule has 3 N–H and O–H groups in total. The maximum Gasteiger partial charge on any atom is 0.349 e. The molecule has 0 aliphatic heterocycles. The molecule has 1 heterocycles. The minimum Gasteiger partial charge on any atom is -0.368 e. The van der Waals surface area contributed by atoms with Gasteiger partial charge in [-0.3, -0.25) is 4.98 Å². The third-order valence-corrected chi connectivity index (χ3v) is 2.40. The van der Waals surface area contributed by atoms with Crippen LogP contribution in [0, 0.1) is 0 Å². The van der Waals surface area contributed by atoms with Gasteiger partial charge >= 0.3 is 5.69 Å². The van der Waals surface area contributed by atoms with Crippen molar-refractivity contribution in [2.75, 3.05) is 5.73 Å². The van der Waals surface area contributed by atoms with Crippen molar-refractivity contribution < 1.29 is 0 Å². The average molecular weight is 216 g/mol. The highest BCUT2D eigenvalue weighted by molar-refractivity contribution is 5.26. The summed E-state index contributed by atoms with van der Waals surface area (Å²) in [5.41, 5.74) is 6.03. The predicted octanol–water partition coefficient (Wildman–Crippen LogP) is 0.899. The fourth-order valence-electron chi connectivity index (χ4n) is 1.52. The molecule has 1 unspecified atom stereocenters. The number of nitrogens with zero attached hydrogens (tertiary/aromatic N) is 2. The Morgan fingerprint density at radius 3 is 2.56 bits per heavy atom. The van der Waals surface area contributed by atoms with Crippen LogP contribution in [0.1, 0.15) is 24.2 Å². The molecule has 2 aromatic rings. The number of nitrogen functional groups attached to an aromatic ring is 1. The van der Waals surface area contributed by atoms with Gasteiger partial charge in [0.1, 0.15) is 5.82 Å². The number of benzene rings is 1. The van der Waals surface area contributed by atoms with Crippen molar-refractivity contribution in [2.45, 2.75) is 12.8 Å². The minimum atomic E-state index is -0.467. The number of H-pyrrole nitrogens is 1. The highest BCUT2D eigenvalue weighted by Gasteiger charge is 2.11. The van der Waals surface area contributed by atoms with E-state index in [-0.39, 0.29) is 11.9 Å². The molecule has 0 fully saturated rings. The largest absolute Gasteiger partial charge is 0.368 e. The van der Waals surface area contributed by atoms with Gasteiger partial charge in [0, 0.05) is 5.92 Å². The fourth-order valence-corrected chi connectivity index (χ4v) is 1.52. The number of nitrogens with one attached hydrogen (secondary N) is 1. The normalized spacial score (nSPS) is 12.3. The second-order valence-electron chi connectivity index (χ2n) is 3.53. The van der Waals surface area contributed by atoms with Crippen molar-refractivity contribution in [3.05, 3.63) is 52.2 Å². The highest BCUT2D eigenvalue weighted by Crippen LogP contribution is 2.19. The van der Waals surface area contributed by atoms with Crippen LogP contribution in [0.25, 0.3) is 0 Å². The summed E-state index contributed by atoms with van der Waals surface area (Å²) in [5.74, 6) is 0.518. The molecule has 0 radical (unpaired) electrons. The molecule has 1 aromatic carbocycles. The summed E-state index contributed by atoms with van der Waals surface area (Å²) >= 11 is 0. The van der Waals surface area contributed by atoms with Crippen LogP contribution in [0.2, 0.25) is 0 Å². The van der Waals surface area contributed by atoms with Crippen molar-refractivity contribution in [1.82, 2.24) is 15.0 Å². The van der Waals surface area contributed by atoms with E-state index in [4.69, 9.17) is 5.73 Å². The Bertz CT molecular complexity index is 535. The van der Waals surface area contributed by atoms with Crippen LogP contribution >= 0.6 is 0 Å². The third kappa shape index (κ3) is 2.08. The Balaban J connectivity index is 2.41. The van der Waals surface area contributed by atoms with Gasteiger partial charge in [-0.25, -0.2) is 4.79 Å². The Morgan fingerprint density at radius 2 is 1.94 bits per heavy atom. The number of anilines is 1. The van der Waals surface area contributed by atoms with Crippen molar-refractivity contribution >= 4 is 5.95 Å². The fraction of sp³-hybridized carbons (Fsp3) is 0.182. The number of nitrogens with two attached hydrogens (primary N) is 1. The molecule has 5 nitrogen and oxygen atoms in total. The zero-order chi connectivity index (χ0) is 11.5. The highest BCUT2D eigenvalue weighted by atomic mass is 16.1. The van der Waals surface area contributed by atoms with Crippen LogP contribution in [-0.4, -0.2) is 15.0 Å². The summed E-state index contributed by atoms with van der Waals surface area (Å²) in [7, 11) is 0. The Morgan fingerprint density at radius 1 is 1.25 bits per heavy atom. The number of hydrogen-bond donors (Lipinski definition) is 2. The molecule has 2 rings (SSSR count). The third-order valence-electron chi connectivity index (χ3n) is 2.40. The molecule has 1 atom stereocenters. The second kappa shape index (κ2) is 4.14. The van der Waals surface area contributed by atoms with Crippen LogP contribution in [0.3, 0.4) is 0 Å². The van der Waals surface area contributed by atoms with Crippen LogP contribution in [0.5, 0.6) is 0 Å². The smallest absolute Gasteiger partial charge is 0.349 e. The topological polar surface area (TPSA) is 84.7 Å².